The van der Waals surface area contributed by atoms with Crippen molar-refractivity contribution in [2.75, 3.05) is 4.90 Å². The first-order chi connectivity index (χ1) is 69.9. The first-order valence-electron chi connectivity index (χ1n) is 49.1. The molecule has 0 amide bonds. The predicted octanol–water partition coefficient (Wildman–Crippen LogP) is 34.5. The number of hydrogen-bond donors (Lipinski definition) is 0. The van der Waals surface area contributed by atoms with Crippen LogP contribution in [-0.4, -0.2) is 9.13 Å². The topological polar surface area (TPSA) is 13.1 Å². The smallest absolute Gasteiger partial charge is 0.0725 e. The number of fused-ring (bicyclic) bond motifs is 32. The monoisotopic (exact) mass is 1860 g/mol. The number of halogens is 1. The van der Waals surface area contributed by atoms with Crippen molar-refractivity contribution in [3.8, 4) is 78.1 Å². The molecule has 660 valence electrons. The minimum atomic E-state index is -0.491. The fourth-order valence-electron chi connectivity index (χ4n) is 26.1. The van der Waals surface area contributed by atoms with E-state index in [2.05, 4.69) is 564 Å². The van der Waals surface area contributed by atoms with Crippen molar-refractivity contribution in [2.45, 2.75) is 28.1 Å². The summed E-state index contributed by atoms with van der Waals surface area (Å²) in [6.07, 6.45) is 0.875. The molecule has 6 aliphatic rings. The number of rotatable bonds is 11. The molecule has 0 saturated heterocycles. The molecule has 0 atom stereocenters. The summed E-state index contributed by atoms with van der Waals surface area (Å²) in [5, 5.41) is 5.03. The van der Waals surface area contributed by atoms with Crippen LogP contribution in [0.15, 0.2) is 538 Å². The lowest BCUT2D eigenvalue weighted by atomic mass is 9.67. The fraction of sp³-hybridized carbons (Fsp3) is 0.0365. The summed E-state index contributed by atoms with van der Waals surface area (Å²) in [5.74, 6) is 0. The largest absolute Gasteiger partial charge is 0.310 e. The molecule has 141 heavy (non-hydrogen) atoms. The van der Waals surface area contributed by atoms with Crippen molar-refractivity contribution >= 4 is 76.6 Å². The molecule has 0 aliphatic heterocycles. The number of benzene rings is 22. The Morgan fingerprint density at radius 1 is 0.170 bits per heavy atom. The van der Waals surface area contributed by atoms with Gasteiger partial charge in [0.05, 0.1) is 43.7 Å². The van der Waals surface area contributed by atoms with E-state index < -0.39 is 10.8 Å². The minimum absolute atomic E-state index is 0.209. The van der Waals surface area contributed by atoms with E-state index in [9.17, 15) is 0 Å². The Morgan fingerprint density at radius 2 is 0.411 bits per heavy atom. The third kappa shape index (κ3) is 12.0. The van der Waals surface area contributed by atoms with Gasteiger partial charge in [-0.05, 0) is 276 Å². The second-order valence-corrected chi connectivity index (χ2v) is 39.2. The SMILES string of the molecule is Brc1ccc2c(c1)-c1ccccc1C21c2ccccc2-c2ccccc21.c1ccc(-n2c3ccccc3c3cc(Cc4ccc5c(c4)-c4ccccc4C5(c4ccccc4)c4ccccc4)ccc32)cc1.c1ccc(-n2c3ccccc3c3cc(N(c4ccc5c(c4)-c4ccccc4C5(c4ccccc4)c4ccccc4)c4ccc5c(c4)-c4ccccc4C54c5ccccc5-c5ccccc54)ccc32)cc1. The molecule has 0 N–H and O–H groups in total. The Morgan fingerprint density at radius 3 is 0.794 bits per heavy atom. The van der Waals surface area contributed by atoms with Crippen LogP contribution in [0.3, 0.4) is 0 Å². The molecular formula is C137H90BrN3. The lowest BCUT2D eigenvalue weighted by Gasteiger charge is -2.34. The van der Waals surface area contributed by atoms with Crippen molar-refractivity contribution in [2.24, 2.45) is 0 Å². The number of anilines is 3. The van der Waals surface area contributed by atoms with E-state index in [1.165, 1.54) is 216 Å². The Labute approximate surface area is 829 Å². The quantitative estimate of drug-likeness (QED) is 0.126. The van der Waals surface area contributed by atoms with Crippen molar-refractivity contribution in [3.63, 3.8) is 0 Å². The molecule has 3 nitrogen and oxygen atoms in total. The second-order valence-electron chi connectivity index (χ2n) is 38.3. The van der Waals surface area contributed by atoms with Gasteiger partial charge in [-0.1, -0.05) is 447 Å². The molecule has 2 aromatic heterocycles. The van der Waals surface area contributed by atoms with Crippen LogP contribution in [0.1, 0.15) is 100 Å². The molecule has 4 heteroatoms. The molecule has 0 unspecified atom stereocenters. The second kappa shape index (κ2) is 32.4. The summed E-state index contributed by atoms with van der Waals surface area (Å²) in [6, 6.07) is 198. The molecule has 22 aromatic carbocycles. The van der Waals surface area contributed by atoms with Crippen LogP contribution in [0, 0.1) is 0 Å². The summed E-state index contributed by atoms with van der Waals surface area (Å²) >= 11 is 3.68. The van der Waals surface area contributed by atoms with Gasteiger partial charge in [0.1, 0.15) is 0 Å². The van der Waals surface area contributed by atoms with Gasteiger partial charge in [0.15, 0.2) is 0 Å². The van der Waals surface area contributed by atoms with Crippen LogP contribution in [0.4, 0.5) is 17.1 Å². The van der Waals surface area contributed by atoms with Crippen molar-refractivity contribution in [1.82, 2.24) is 9.13 Å². The van der Waals surface area contributed by atoms with E-state index in [4.69, 9.17) is 0 Å². The van der Waals surface area contributed by atoms with E-state index >= 15 is 0 Å². The van der Waals surface area contributed by atoms with E-state index in [0.29, 0.717) is 0 Å². The van der Waals surface area contributed by atoms with E-state index in [0.717, 1.165) is 33.6 Å². The van der Waals surface area contributed by atoms with E-state index in [1.807, 2.05) is 0 Å². The van der Waals surface area contributed by atoms with E-state index in [1.54, 1.807) is 0 Å². The Kier molecular flexibility index (Phi) is 18.9. The normalized spacial score (nSPS) is 13.8. The molecule has 2 heterocycles. The first-order valence-corrected chi connectivity index (χ1v) is 49.9. The van der Waals surface area contributed by atoms with Gasteiger partial charge in [-0.25, -0.2) is 0 Å². The summed E-state index contributed by atoms with van der Waals surface area (Å²) in [7, 11) is 0. The zero-order valence-corrected chi connectivity index (χ0v) is 78.8. The highest BCUT2D eigenvalue weighted by molar-refractivity contribution is 9.10. The van der Waals surface area contributed by atoms with Gasteiger partial charge in [0.25, 0.3) is 0 Å². The molecule has 0 fully saturated rings. The maximum Gasteiger partial charge on any atom is 0.0725 e. The highest BCUT2D eigenvalue weighted by Gasteiger charge is 2.55. The predicted molar refractivity (Wildman–Crippen MR) is 587 cm³/mol. The molecule has 24 aromatic rings. The molecular weight excluding hydrogens is 1770 g/mol. The highest BCUT2D eigenvalue weighted by atomic mass is 79.9. The van der Waals surface area contributed by atoms with Crippen LogP contribution >= 0.6 is 15.9 Å². The van der Waals surface area contributed by atoms with E-state index in [-0.39, 0.29) is 10.8 Å². The first kappa shape index (κ1) is 82.0. The van der Waals surface area contributed by atoms with Crippen LogP contribution in [0.5, 0.6) is 0 Å². The Bertz CT molecular complexity index is 8900. The molecule has 2 spiro atoms. The maximum absolute atomic E-state index is 3.68. The van der Waals surface area contributed by atoms with Gasteiger partial charge >= 0.3 is 0 Å². The maximum atomic E-state index is 3.68. The van der Waals surface area contributed by atoms with Gasteiger partial charge in [0, 0.05) is 54.5 Å². The Hall–Kier alpha value is -17.3. The fourth-order valence-corrected chi connectivity index (χ4v) is 26.5. The van der Waals surface area contributed by atoms with Gasteiger partial charge in [-0.2, -0.15) is 0 Å². The summed E-state index contributed by atoms with van der Waals surface area (Å²) in [6.45, 7) is 0. The number of nitrogens with zero attached hydrogens (tertiary/aromatic N) is 3. The zero-order chi connectivity index (χ0) is 93.1. The van der Waals surface area contributed by atoms with Gasteiger partial charge in [0.2, 0.25) is 0 Å². The van der Waals surface area contributed by atoms with Gasteiger partial charge in [-0.15, -0.1) is 0 Å². The summed E-state index contributed by atoms with van der Waals surface area (Å²) in [4.78, 5) is 2.51. The zero-order valence-electron chi connectivity index (χ0n) is 77.2. The lowest BCUT2D eigenvalue weighted by molar-refractivity contribution is 0.768. The third-order valence-corrected chi connectivity index (χ3v) is 32.0. The molecule has 0 saturated carbocycles. The number of aromatic nitrogens is 2. The van der Waals surface area contributed by atoms with Crippen LogP contribution < -0.4 is 4.90 Å². The van der Waals surface area contributed by atoms with Gasteiger partial charge in [-0.3, -0.25) is 0 Å². The standard InChI is InChI=1S/C68H44N2.C44H31N.C25H15Br/c1-4-20-45(21-5-1)67(46-22-6-2-7-23-46)59-31-15-12-28-53(59)56-42-48(36-39-63(56)67)69(50-38-41-66-58(44-50)55-30-14-19-35-65(55)70(66)47-24-8-3-9-25-47)49-37-40-64-57(43-49)54-29-13-18-34-62(54)68(64)60-32-16-10-26-51(60)52-27-11-17-33-61(52)68;1-4-14-33(15-5-1)44(34-16-6-2-7-17-34)40-22-12-10-20-36(40)38-29-31(24-26-41(38)44)28-32-25-27-43-39(30-32)37-21-11-13-23-42(37)45(43)35-18-8-3-9-19-35;26-16-13-14-24-20(15-16)19-9-3-6-12-23(19)25(24)21-10-4-1-7-17(21)18-8-2-5-11-22(18)25/h1-44H;1-27,29-30H,28H2;1-15H. The van der Waals surface area contributed by atoms with Crippen molar-refractivity contribution in [1.29, 1.82) is 0 Å². The highest BCUT2D eigenvalue weighted by Crippen LogP contribution is 2.67. The molecule has 0 bridgehead atoms. The average Bonchev–Trinajstić information content (AvgIpc) is 1.51. The molecule has 30 rings (SSSR count). The Balaban J connectivity index is 0.000000116. The third-order valence-electron chi connectivity index (χ3n) is 31.5. The molecule has 0 radical (unpaired) electrons. The van der Waals surface area contributed by atoms with Crippen LogP contribution in [0.2, 0.25) is 0 Å². The molecule has 6 aliphatic carbocycles. The van der Waals surface area contributed by atoms with Crippen LogP contribution in [-0.2, 0) is 28.1 Å². The summed E-state index contributed by atoms with van der Waals surface area (Å²) < 4.78 is 5.91. The number of hydrogen-bond acceptors (Lipinski definition) is 1. The summed E-state index contributed by atoms with van der Waals surface area (Å²) in [5.41, 5.74) is 48.8. The average molecular weight is 1860 g/mol. The number of para-hydroxylation sites is 4. The lowest BCUT2D eigenvalue weighted by Crippen LogP contribution is -2.28. The minimum Gasteiger partial charge on any atom is -0.310 e. The van der Waals surface area contributed by atoms with Crippen molar-refractivity contribution < 1.29 is 0 Å². The van der Waals surface area contributed by atoms with Gasteiger partial charge < -0.3 is 14.0 Å². The van der Waals surface area contributed by atoms with Crippen molar-refractivity contribution in [3.05, 3.63) is 638 Å². The van der Waals surface area contributed by atoms with Crippen LogP contribution in [0.25, 0.3) is 122 Å².